The molecule has 0 atom stereocenters. The Kier molecular flexibility index (Phi) is 10.3. The summed E-state index contributed by atoms with van der Waals surface area (Å²) in [5.74, 6) is 3.31. The van der Waals surface area contributed by atoms with Gasteiger partial charge in [0.1, 0.15) is 5.60 Å². The lowest BCUT2D eigenvalue weighted by molar-refractivity contribution is 0.0988. The molecule has 0 fully saturated rings. The molecule has 0 rings (SSSR count). The van der Waals surface area contributed by atoms with E-state index in [0.29, 0.717) is 0 Å². The van der Waals surface area contributed by atoms with Crippen LogP contribution in [0.5, 0.6) is 0 Å². The van der Waals surface area contributed by atoms with Gasteiger partial charge in [0.05, 0.1) is 0 Å². The van der Waals surface area contributed by atoms with Crippen molar-refractivity contribution in [3.8, 4) is 10.8 Å². The van der Waals surface area contributed by atoms with E-state index in [9.17, 15) is 0 Å². The van der Waals surface area contributed by atoms with Crippen molar-refractivity contribution < 1.29 is 4.43 Å². The molecule has 0 amide bonds. The van der Waals surface area contributed by atoms with Gasteiger partial charge < -0.3 is 4.43 Å². The highest BCUT2D eigenvalue weighted by Gasteiger charge is 2.39. The summed E-state index contributed by atoms with van der Waals surface area (Å²) in [6, 6.07) is 3.44. The quantitative estimate of drug-likeness (QED) is 0.249. The lowest BCUT2D eigenvalue weighted by Crippen LogP contribution is -2.46. The lowest BCUT2D eigenvalue weighted by atomic mass is 9.93. The van der Waals surface area contributed by atoms with Crippen molar-refractivity contribution >= 4 is 24.2 Å². The number of halogens is 1. The van der Waals surface area contributed by atoms with Gasteiger partial charge >= 0.3 is 0 Å². The molecule has 0 spiro atoms. The van der Waals surface area contributed by atoms with Gasteiger partial charge in [0.2, 0.25) is 0 Å². The summed E-state index contributed by atoms with van der Waals surface area (Å²) in [6.07, 6.45) is 7.60. The highest BCUT2D eigenvalue weighted by Crippen LogP contribution is 2.33. The van der Waals surface area contributed by atoms with E-state index in [-0.39, 0.29) is 5.60 Å². The fraction of sp³-hybridized carbons (Fsp3) is 0.647. The second-order valence-corrected chi connectivity index (χ2v) is 10.3. The molecule has 0 unspecified atom stereocenters. The number of hydrogen-bond acceptors (Lipinski definition) is 1. The Morgan fingerprint density at radius 1 is 1.05 bits per heavy atom. The van der Waals surface area contributed by atoms with Crippen molar-refractivity contribution in [2.24, 2.45) is 0 Å². The predicted molar refractivity (Wildman–Crippen MR) is 96.6 cm³/mol. The topological polar surface area (TPSA) is 9.23 Å². The molecule has 0 radical (unpaired) electrons. The Hall–Kier alpha value is -0.303. The SMILES string of the molecule is C=CCCC(C#CBr)(CCC=C)O[Si](CC)(CC)CC. The monoisotopic (exact) mass is 356 g/mol. The Bertz CT molecular complexity index is 329. The van der Waals surface area contributed by atoms with Gasteiger partial charge in [-0.1, -0.05) is 38.8 Å². The van der Waals surface area contributed by atoms with E-state index in [1.807, 2.05) is 12.2 Å². The number of rotatable bonds is 11. The van der Waals surface area contributed by atoms with E-state index < -0.39 is 8.32 Å². The zero-order chi connectivity index (χ0) is 15.5. The van der Waals surface area contributed by atoms with Crippen LogP contribution in [-0.2, 0) is 4.43 Å². The van der Waals surface area contributed by atoms with E-state index in [4.69, 9.17) is 4.43 Å². The molecule has 20 heavy (non-hydrogen) atoms. The van der Waals surface area contributed by atoms with Crippen LogP contribution >= 0.6 is 15.9 Å². The van der Waals surface area contributed by atoms with Crippen LogP contribution in [0.3, 0.4) is 0 Å². The van der Waals surface area contributed by atoms with Crippen LogP contribution in [0.15, 0.2) is 25.3 Å². The minimum atomic E-state index is -1.68. The van der Waals surface area contributed by atoms with Crippen LogP contribution in [0.1, 0.15) is 46.5 Å². The predicted octanol–water partition coefficient (Wildman–Crippen LogP) is 6.04. The Balaban J connectivity index is 5.35. The van der Waals surface area contributed by atoms with Crippen LogP contribution in [0, 0.1) is 10.8 Å². The summed E-state index contributed by atoms with van der Waals surface area (Å²) in [4.78, 5) is 2.91. The van der Waals surface area contributed by atoms with Crippen molar-refractivity contribution in [1.82, 2.24) is 0 Å². The molecule has 0 aliphatic carbocycles. The maximum atomic E-state index is 6.76. The van der Waals surface area contributed by atoms with E-state index in [2.05, 4.69) is 60.6 Å². The lowest BCUT2D eigenvalue weighted by Gasteiger charge is -2.39. The van der Waals surface area contributed by atoms with Gasteiger partial charge in [0, 0.05) is 15.9 Å². The molecule has 0 heterocycles. The van der Waals surface area contributed by atoms with Crippen molar-refractivity contribution in [3.63, 3.8) is 0 Å². The van der Waals surface area contributed by atoms with Crippen molar-refractivity contribution in [2.45, 2.75) is 70.2 Å². The molecule has 1 nitrogen and oxygen atoms in total. The van der Waals surface area contributed by atoms with Gasteiger partial charge in [-0.05, 0) is 48.6 Å². The average molecular weight is 357 g/mol. The number of allylic oxidation sites excluding steroid dienone is 2. The molecule has 0 aromatic carbocycles. The fourth-order valence-corrected chi connectivity index (χ4v) is 5.89. The van der Waals surface area contributed by atoms with Crippen molar-refractivity contribution in [2.75, 3.05) is 0 Å². The van der Waals surface area contributed by atoms with E-state index in [0.717, 1.165) is 43.8 Å². The largest absolute Gasteiger partial charge is 0.401 e. The molecule has 3 heteroatoms. The highest BCUT2D eigenvalue weighted by molar-refractivity contribution is 9.12. The molecular weight excluding hydrogens is 328 g/mol. The fourth-order valence-electron chi connectivity index (χ4n) is 2.52. The molecule has 0 saturated carbocycles. The summed E-state index contributed by atoms with van der Waals surface area (Å²) < 4.78 is 6.76. The van der Waals surface area contributed by atoms with Gasteiger partial charge in [-0.2, -0.15) is 0 Å². The second kappa shape index (κ2) is 10.4. The third-order valence-electron chi connectivity index (χ3n) is 4.12. The van der Waals surface area contributed by atoms with Crippen LogP contribution in [0.25, 0.3) is 0 Å². The van der Waals surface area contributed by atoms with Crippen LogP contribution in [-0.4, -0.2) is 13.9 Å². The maximum Gasteiger partial charge on any atom is 0.194 e. The van der Waals surface area contributed by atoms with Gasteiger partial charge in [-0.3, -0.25) is 0 Å². The van der Waals surface area contributed by atoms with Gasteiger partial charge in [0.25, 0.3) is 0 Å². The first kappa shape index (κ1) is 19.7. The second-order valence-electron chi connectivity index (χ2n) is 5.21. The Labute approximate surface area is 135 Å². The average Bonchev–Trinajstić information content (AvgIpc) is 2.49. The van der Waals surface area contributed by atoms with Crippen LogP contribution < -0.4 is 0 Å². The molecule has 0 bridgehead atoms. The molecule has 114 valence electrons. The third kappa shape index (κ3) is 5.99. The summed E-state index contributed by atoms with van der Waals surface area (Å²) in [5.41, 5.74) is -0.347. The molecule has 0 aliphatic rings. The smallest absolute Gasteiger partial charge is 0.194 e. The first-order valence-corrected chi connectivity index (χ1v) is 10.9. The van der Waals surface area contributed by atoms with E-state index >= 15 is 0 Å². The summed E-state index contributed by atoms with van der Waals surface area (Å²) >= 11 is 3.27. The third-order valence-corrected chi connectivity index (χ3v) is 9.01. The van der Waals surface area contributed by atoms with E-state index in [1.54, 1.807) is 0 Å². The molecule has 0 aromatic rings. The molecule has 0 saturated heterocycles. The van der Waals surface area contributed by atoms with Gasteiger partial charge in [0.15, 0.2) is 8.32 Å². The van der Waals surface area contributed by atoms with Crippen LogP contribution in [0.2, 0.25) is 18.1 Å². The highest BCUT2D eigenvalue weighted by atomic mass is 79.9. The van der Waals surface area contributed by atoms with E-state index in [1.165, 1.54) is 0 Å². The molecular formula is C17H29BrOSi. The Morgan fingerprint density at radius 3 is 1.80 bits per heavy atom. The van der Waals surface area contributed by atoms with Gasteiger partial charge in [-0.15, -0.1) is 13.2 Å². The summed E-state index contributed by atoms with van der Waals surface area (Å²) in [5, 5.41) is 0. The minimum absolute atomic E-state index is 0.347. The summed E-state index contributed by atoms with van der Waals surface area (Å²) in [6.45, 7) is 14.4. The Morgan fingerprint density at radius 2 is 1.50 bits per heavy atom. The molecule has 0 aliphatic heterocycles. The molecule has 0 aromatic heterocycles. The first-order chi connectivity index (χ1) is 9.57. The first-order valence-electron chi connectivity index (χ1n) is 7.62. The number of hydrogen-bond donors (Lipinski definition) is 0. The standard InChI is InChI=1S/C17H29BrOSi/c1-6-11-13-17(15-16-18,14-12-7-2)19-20(8-3,9-4)10-5/h6-7H,1-2,8-14H2,3-5H3. The zero-order valence-electron chi connectivity index (χ0n) is 13.3. The van der Waals surface area contributed by atoms with Crippen molar-refractivity contribution in [3.05, 3.63) is 25.3 Å². The normalized spacial score (nSPS) is 11.6. The van der Waals surface area contributed by atoms with Gasteiger partial charge in [-0.25, -0.2) is 0 Å². The maximum absolute atomic E-state index is 6.76. The minimum Gasteiger partial charge on any atom is -0.401 e. The zero-order valence-corrected chi connectivity index (χ0v) is 15.9. The summed E-state index contributed by atoms with van der Waals surface area (Å²) in [7, 11) is -1.68. The van der Waals surface area contributed by atoms with Crippen LogP contribution in [0.4, 0.5) is 0 Å². The molecule has 0 N–H and O–H groups in total. The van der Waals surface area contributed by atoms with Crippen molar-refractivity contribution in [1.29, 1.82) is 0 Å².